The number of carbonyl (C=O) groups is 1. The summed E-state index contributed by atoms with van der Waals surface area (Å²) in [6, 6.07) is 4.64. The third kappa shape index (κ3) is 3.01. The van der Waals surface area contributed by atoms with Crippen LogP contribution in [0.5, 0.6) is 11.5 Å². The van der Waals surface area contributed by atoms with Gasteiger partial charge in [-0.2, -0.15) is 0 Å². The van der Waals surface area contributed by atoms with Gasteiger partial charge in [-0.15, -0.1) is 0 Å². The first-order valence-electron chi connectivity index (χ1n) is 6.48. The van der Waals surface area contributed by atoms with Crippen LogP contribution in [0.4, 0.5) is 0 Å². The molecule has 108 valence electrons. The topological polar surface area (TPSA) is 75.8 Å². The van der Waals surface area contributed by atoms with Crippen LogP contribution in [-0.4, -0.2) is 41.1 Å². The predicted molar refractivity (Wildman–Crippen MR) is 80.1 cm³/mol. The zero-order chi connectivity index (χ0) is 14.7. The molecule has 1 aromatic carbocycles. The second-order valence-electron chi connectivity index (χ2n) is 4.85. The van der Waals surface area contributed by atoms with E-state index in [1.165, 1.54) is 13.2 Å². The fourth-order valence-electron chi connectivity index (χ4n) is 2.35. The van der Waals surface area contributed by atoms with Crippen molar-refractivity contribution in [3.05, 3.63) is 23.8 Å². The minimum absolute atomic E-state index is 0.0349. The second kappa shape index (κ2) is 6.09. The lowest BCUT2D eigenvalue weighted by Gasteiger charge is -2.31. The van der Waals surface area contributed by atoms with E-state index in [1.807, 2.05) is 0 Å². The fourth-order valence-corrected chi connectivity index (χ4v) is 2.59. The van der Waals surface area contributed by atoms with Crippen LogP contribution in [0.15, 0.2) is 18.2 Å². The number of aromatic hydroxyl groups is 1. The largest absolute Gasteiger partial charge is 0.507 e. The van der Waals surface area contributed by atoms with Gasteiger partial charge in [0.05, 0.1) is 17.7 Å². The van der Waals surface area contributed by atoms with Gasteiger partial charge in [-0.25, -0.2) is 0 Å². The van der Waals surface area contributed by atoms with Crippen LogP contribution < -0.4 is 10.5 Å². The van der Waals surface area contributed by atoms with Crippen molar-refractivity contribution >= 4 is 23.1 Å². The lowest BCUT2D eigenvalue weighted by molar-refractivity contribution is 0.0707. The summed E-state index contributed by atoms with van der Waals surface area (Å²) in [4.78, 5) is 14.6. The molecule has 6 heteroatoms. The van der Waals surface area contributed by atoms with Crippen molar-refractivity contribution in [3.8, 4) is 11.5 Å². The van der Waals surface area contributed by atoms with Crippen molar-refractivity contribution in [2.24, 2.45) is 11.7 Å². The van der Waals surface area contributed by atoms with E-state index >= 15 is 0 Å². The maximum absolute atomic E-state index is 12.4. The third-order valence-electron chi connectivity index (χ3n) is 3.62. The number of methoxy groups -OCH3 is 1. The van der Waals surface area contributed by atoms with Crippen molar-refractivity contribution in [2.45, 2.75) is 12.8 Å². The number of carbonyl (C=O) groups excluding carboxylic acids is 1. The van der Waals surface area contributed by atoms with Gasteiger partial charge in [0, 0.05) is 19.0 Å². The molecule has 1 aliphatic heterocycles. The molecule has 20 heavy (non-hydrogen) atoms. The van der Waals surface area contributed by atoms with E-state index in [2.05, 4.69) is 0 Å². The maximum Gasteiger partial charge on any atom is 0.257 e. The van der Waals surface area contributed by atoms with Crippen LogP contribution in [0.25, 0.3) is 0 Å². The van der Waals surface area contributed by atoms with Gasteiger partial charge in [-0.1, -0.05) is 12.2 Å². The van der Waals surface area contributed by atoms with E-state index in [1.54, 1.807) is 17.0 Å². The Hall–Kier alpha value is -1.82. The van der Waals surface area contributed by atoms with Crippen molar-refractivity contribution < 1.29 is 14.6 Å². The highest BCUT2D eigenvalue weighted by molar-refractivity contribution is 7.80. The molecule has 0 aliphatic carbocycles. The minimum atomic E-state index is -0.192. The molecule has 3 N–H and O–H groups in total. The molecule has 2 rings (SSSR count). The average molecular weight is 294 g/mol. The van der Waals surface area contributed by atoms with Crippen molar-refractivity contribution in [2.75, 3.05) is 20.2 Å². The van der Waals surface area contributed by atoms with Crippen molar-refractivity contribution in [1.29, 1.82) is 0 Å². The molecule has 0 aromatic heterocycles. The Morgan fingerprint density at radius 2 is 2.10 bits per heavy atom. The number of amides is 1. The second-order valence-corrected chi connectivity index (χ2v) is 5.32. The van der Waals surface area contributed by atoms with E-state index in [-0.39, 0.29) is 23.1 Å². The number of rotatable bonds is 3. The van der Waals surface area contributed by atoms with Crippen LogP contribution in [-0.2, 0) is 0 Å². The number of thiocarbonyl (C=S) groups is 1. The number of piperidine rings is 1. The van der Waals surface area contributed by atoms with E-state index in [0.29, 0.717) is 23.8 Å². The van der Waals surface area contributed by atoms with Crippen molar-refractivity contribution in [3.63, 3.8) is 0 Å². The molecule has 0 radical (unpaired) electrons. The lowest BCUT2D eigenvalue weighted by atomic mass is 9.96. The van der Waals surface area contributed by atoms with Gasteiger partial charge < -0.3 is 20.5 Å². The normalized spacial score (nSPS) is 15.9. The fraction of sp³-hybridized carbons (Fsp3) is 0.429. The van der Waals surface area contributed by atoms with E-state index < -0.39 is 0 Å². The van der Waals surface area contributed by atoms with Gasteiger partial charge in [0.15, 0.2) is 0 Å². The van der Waals surface area contributed by atoms with E-state index in [4.69, 9.17) is 22.7 Å². The van der Waals surface area contributed by atoms with Gasteiger partial charge in [0.1, 0.15) is 11.5 Å². The minimum Gasteiger partial charge on any atom is -0.507 e. The predicted octanol–water partition coefficient (Wildman–Crippen LogP) is 1.54. The number of nitrogens with two attached hydrogens (primary N) is 1. The summed E-state index contributed by atoms with van der Waals surface area (Å²) >= 11 is 4.98. The molecule has 1 amide bonds. The molecule has 0 unspecified atom stereocenters. The standard InChI is InChI=1S/C14H18N2O3S/c1-19-10-2-3-12(17)11(8-10)14(18)16-6-4-9(5-7-16)13(15)20/h2-3,8-9,17H,4-7H2,1H3,(H2,15,20). The van der Waals surface area contributed by atoms with Gasteiger partial charge in [0.2, 0.25) is 0 Å². The lowest BCUT2D eigenvalue weighted by Crippen LogP contribution is -2.41. The average Bonchev–Trinajstić information content (AvgIpc) is 2.47. The first kappa shape index (κ1) is 14.6. The number of hydrogen-bond donors (Lipinski definition) is 2. The molecule has 0 atom stereocenters. The molecule has 5 nitrogen and oxygen atoms in total. The van der Waals surface area contributed by atoms with Crippen molar-refractivity contribution in [1.82, 2.24) is 4.90 Å². The molecule has 0 bridgehead atoms. The van der Waals surface area contributed by atoms with Crippen LogP contribution in [0, 0.1) is 5.92 Å². The van der Waals surface area contributed by atoms with Crippen LogP contribution in [0.2, 0.25) is 0 Å². The van der Waals surface area contributed by atoms with Gasteiger partial charge in [-0.05, 0) is 31.0 Å². The number of benzene rings is 1. The number of likely N-dealkylation sites (tertiary alicyclic amines) is 1. The van der Waals surface area contributed by atoms with Crippen LogP contribution in [0.3, 0.4) is 0 Å². The Bertz CT molecular complexity index is 525. The molecular formula is C14H18N2O3S. The summed E-state index contributed by atoms with van der Waals surface area (Å²) in [7, 11) is 1.52. The molecule has 0 spiro atoms. The highest BCUT2D eigenvalue weighted by Gasteiger charge is 2.26. The van der Waals surface area contributed by atoms with Crippen LogP contribution in [0.1, 0.15) is 23.2 Å². The van der Waals surface area contributed by atoms with Gasteiger partial charge >= 0.3 is 0 Å². The Morgan fingerprint density at radius 3 is 2.65 bits per heavy atom. The molecule has 0 saturated carbocycles. The molecule has 1 heterocycles. The van der Waals surface area contributed by atoms with E-state index in [0.717, 1.165) is 12.8 Å². The zero-order valence-electron chi connectivity index (χ0n) is 11.3. The Labute approximate surface area is 123 Å². The zero-order valence-corrected chi connectivity index (χ0v) is 12.2. The molecule has 1 aromatic rings. The quantitative estimate of drug-likeness (QED) is 0.827. The highest BCUT2D eigenvalue weighted by atomic mass is 32.1. The number of ether oxygens (including phenoxy) is 1. The molecular weight excluding hydrogens is 276 g/mol. The molecule has 1 saturated heterocycles. The number of hydrogen-bond acceptors (Lipinski definition) is 4. The maximum atomic E-state index is 12.4. The summed E-state index contributed by atoms with van der Waals surface area (Å²) in [6.07, 6.45) is 1.54. The Morgan fingerprint density at radius 1 is 1.45 bits per heavy atom. The van der Waals surface area contributed by atoms with E-state index in [9.17, 15) is 9.90 Å². The van der Waals surface area contributed by atoms with Crippen LogP contribution >= 0.6 is 12.2 Å². The molecule has 1 aliphatic rings. The summed E-state index contributed by atoms with van der Waals surface area (Å²) < 4.78 is 5.08. The highest BCUT2D eigenvalue weighted by Crippen LogP contribution is 2.26. The Balaban J connectivity index is 2.11. The van der Waals surface area contributed by atoms with Gasteiger partial charge in [0.25, 0.3) is 5.91 Å². The summed E-state index contributed by atoms with van der Waals surface area (Å²) in [6.45, 7) is 1.19. The third-order valence-corrected chi connectivity index (χ3v) is 3.95. The summed E-state index contributed by atoms with van der Waals surface area (Å²) in [5.74, 6) is 0.521. The number of phenolic OH excluding ortho intramolecular Hbond substituents is 1. The first-order chi connectivity index (χ1) is 9.52. The summed E-state index contributed by atoms with van der Waals surface area (Å²) in [5.41, 5.74) is 5.90. The summed E-state index contributed by atoms with van der Waals surface area (Å²) in [5, 5.41) is 9.83. The smallest absolute Gasteiger partial charge is 0.257 e. The number of nitrogens with zero attached hydrogens (tertiary/aromatic N) is 1. The number of phenols is 1. The SMILES string of the molecule is COc1ccc(O)c(C(=O)N2CCC(C(N)=S)CC2)c1. The Kier molecular flexibility index (Phi) is 4.44. The first-order valence-corrected chi connectivity index (χ1v) is 6.89. The molecule has 1 fully saturated rings. The monoisotopic (exact) mass is 294 g/mol. The van der Waals surface area contributed by atoms with Gasteiger partial charge in [-0.3, -0.25) is 4.79 Å².